The van der Waals surface area contributed by atoms with E-state index in [-0.39, 0.29) is 11.9 Å². The van der Waals surface area contributed by atoms with Crippen LogP contribution < -0.4 is 5.32 Å². The number of nitrogens with one attached hydrogen (secondary N) is 1. The van der Waals surface area contributed by atoms with E-state index in [4.69, 9.17) is 9.52 Å². The van der Waals surface area contributed by atoms with Crippen molar-refractivity contribution in [3.63, 3.8) is 0 Å². The maximum absolute atomic E-state index is 14.0. The zero-order valence-electron chi connectivity index (χ0n) is 11.4. The first-order chi connectivity index (χ1) is 9.40. The summed E-state index contributed by atoms with van der Waals surface area (Å²) in [5.41, 5.74) is 0.472. The Labute approximate surface area is 115 Å². The summed E-state index contributed by atoms with van der Waals surface area (Å²) in [6.07, 6.45) is 1.26. The number of hydrogen-bond acceptors (Lipinski definition) is 4. The van der Waals surface area contributed by atoms with Crippen LogP contribution in [0.15, 0.2) is 22.7 Å². The van der Waals surface area contributed by atoms with E-state index in [0.717, 1.165) is 23.2 Å². The fourth-order valence-corrected chi connectivity index (χ4v) is 2.07. The van der Waals surface area contributed by atoms with E-state index in [1.165, 1.54) is 6.20 Å². The summed E-state index contributed by atoms with van der Waals surface area (Å²) in [7, 11) is 0. The molecule has 0 bridgehead atoms. The Morgan fingerprint density at radius 1 is 1.50 bits per heavy atom. The zero-order valence-corrected chi connectivity index (χ0v) is 11.4. The first-order valence-electron chi connectivity index (χ1n) is 6.11. The van der Waals surface area contributed by atoms with E-state index in [1.54, 1.807) is 0 Å². The summed E-state index contributed by atoms with van der Waals surface area (Å²) < 4.78 is 19.4. The van der Waals surface area contributed by atoms with Crippen LogP contribution in [-0.4, -0.2) is 16.1 Å². The molecule has 0 aliphatic carbocycles. The van der Waals surface area contributed by atoms with Crippen molar-refractivity contribution in [2.75, 3.05) is 5.32 Å². The molecule has 0 fully saturated rings. The highest BCUT2D eigenvalue weighted by molar-refractivity contribution is 5.88. The second kappa shape index (κ2) is 5.32. The van der Waals surface area contributed by atoms with Crippen LogP contribution in [0.25, 0.3) is 0 Å². The van der Waals surface area contributed by atoms with Gasteiger partial charge in [-0.25, -0.2) is 14.2 Å². The maximum Gasteiger partial charge on any atom is 0.338 e. The van der Waals surface area contributed by atoms with Crippen molar-refractivity contribution in [1.82, 2.24) is 4.98 Å². The first-order valence-corrected chi connectivity index (χ1v) is 6.11. The average molecular weight is 278 g/mol. The molecule has 0 aromatic carbocycles. The SMILES string of the molecule is Cc1cc(C(C)Nc2nccc(C(=O)O)c2F)c(C)o1. The molecule has 2 N–H and O–H groups in total. The lowest BCUT2D eigenvalue weighted by Crippen LogP contribution is -2.12. The van der Waals surface area contributed by atoms with Gasteiger partial charge in [0.15, 0.2) is 11.6 Å². The van der Waals surface area contributed by atoms with Crippen molar-refractivity contribution in [1.29, 1.82) is 0 Å². The standard InChI is InChI=1S/C14H15FN2O3/c1-7-6-11(9(3)20-7)8(2)17-13-12(15)10(14(18)19)4-5-16-13/h4-6,8H,1-3H3,(H,16,17)(H,18,19). The van der Waals surface area contributed by atoms with Crippen molar-refractivity contribution in [3.8, 4) is 0 Å². The smallest absolute Gasteiger partial charge is 0.338 e. The monoisotopic (exact) mass is 278 g/mol. The third kappa shape index (κ3) is 2.64. The normalized spacial score (nSPS) is 12.2. The quantitative estimate of drug-likeness (QED) is 0.897. The number of furan rings is 1. The lowest BCUT2D eigenvalue weighted by atomic mass is 10.1. The molecule has 0 saturated carbocycles. The lowest BCUT2D eigenvalue weighted by Gasteiger charge is -2.14. The van der Waals surface area contributed by atoms with Gasteiger partial charge in [-0.05, 0) is 32.9 Å². The van der Waals surface area contributed by atoms with Gasteiger partial charge in [-0.2, -0.15) is 0 Å². The molecule has 6 heteroatoms. The average Bonchev–Trinajstić information content (AvgIpc) is 2.70. The fraction of sp³-hybridized carbons (Fsp3) is 0.286. The Morgan fingerprint density at radius 3 is 2.75 bits per heavy atom. The summed E-state index contributed by atoms with van der Waals surface area (Å²) in [6, 6.07) is 2.73. The van der Waals surface area contributed by atoms with E-state index in [1.807, 2.05) is 26.8 Å². The van der Waals surface area contributed by atoms with Crippen molar-refractivity contribution in [2.24, 2.45) is 0 Å². The largest absolute Gasteiger partial charge is 0.478 e. The molecule has 2 aromatic heterocycles. The van der Waals surface area contributed by atoms with E-state index in [0.29, 0.717) is 0 Å². The molecule has 0 aliphatic heterocycles. The highest BCUT2D eigenvalue weighted by Crippen LogP contribution is 2.25. The molecule has 0 saturated heterocycles. The van der Waals surface area contributed by atoms with Crippen LogP contribution in [0.5, 0.6) is 0 Å². The van der Waals surface area contributed by atoms with Gasteiger partial charge in [0.1, 0.15) is 17.1 Å². The topological polar surface area (TPSA) is 75.4 Å². The van der Waals surface area contributed by atoms with E-state index >= 15 is 0 Å². The Morgan fingerprint density at radius 2 is 2.20 bits per heavy atom. The van der Waals surface area contributed by atoms with Crippen molar-refractivity contribution >= 4 is 11.8 Å². The second-order valence-electron chi connectivity index (χ2n) is 4.56. The minimum Gasteiger partial charge on any atom is -0.478 e. The van der Waals surface area contributed by atoms with Gasteiger partial charge in [0, 0.05) is 11.8 Å². The molecule has 1 atom stereocenters. The molecule has 0 amide bonds. The van der Waals surface area contributed by atoms with Crippen molar-refractivity contribution in [2.45, 2.75) is 26.8 Å². The highest BCUT2D eigenvalue weighted by atomic mass is 19.1. The number of pyridine rings is 1. The van der Waals surface area contributed by atoms with E-state index in [2.05, 4.69) is 10.3 Å². The molecular weight excluding hydrogens is 263 g/mol. The van der Waals surface area contributed by atoms with E-state index < -0.39 is 17.3 Å². The Balaban J connectivity index is 2.28. The molecule has 106 valence electrons. The molecule has 5 nitrogen and oxygen atoms in total. The van der Waals surface area contributed by atoms with Crippen molar-refractivity contribution in [3.05, 3.63) is 46.8 Å². The van der Waals surface area contributed by atoms with Gasteiger partial charge in [0.2, 0.25) is 0 Å². The van der Waals surface area contributed by atoms with Crippen LogP contribution in [0.1, 0.15) is 40.4 Å². The van der Waals surface area contributed by atoms with Gasteiger partial charge in [-0.1, -0.05) is 0 Å². The lowest BCUT2D eigenvalue weighted by molar-refractivity contribution is 0.0692. The summed E-state index contributed by atoms with van der Waals surface area (Å²) in [5, 5.41) is 11.7. The van der Waals surface area contributed by atoms with Gasteiger partial charge >= 0.3 is 5.97 Å². The Bertz CT molecular complexity index is 652. The Kier molecular flexibility index (Phi) is 3.74. The molecule has 0 aliphatic rings. The fourth-order valence-electron chi connectivity index (χ4n) is 2.07. The number of carboxylic acid groups (broad SMARTS) is 1. The van der Waals surface area contributed by atoms with Crippen LogP contribution in [0, 0.1) is 19.7 Å². The van der Waals surface area contributed by atoms with Crippen LogP contribution in [0.4, 0.5) is 10.2 Å². The third-order valence-corrected chi connectivity index (χ3v) is 3.02. The molecule has 2 aromatic rings. The van der Waals surface area contributed by atoms with Gasteiger partial charge in [-0.3, -0.25) is 0 Å². The number of nitrogens with zero attached hydrogens (tertiary/aromatic N) is 1. The predicted molar refractivity (Wildman–Crippen MR) is 71.4 cm³/mol. The minimum absolute atomic E-state index is 0.0874. The van der Waals surface area contributed by atoms with Crippen LogP contribution in [-0.2, 0) is 0 Å². The summed E-state index contributed by atoms with van der Waals surface area (Å²) in [6.45, 7) is 5.47. The summed E-state index contributed by atoms with van der Waals surface area (Å²) in [4.78, 5) is 14.7. The number of anilines is 1. The number of aromatic carboxylic acids is 1. The number of hydrogen-bond donors (Lipinski definition) is 2. The van der Waals surface area contributed by atoms with Crippen LogP contribution >= 0.6 is 0 Å². The van der Waals surface area contributed by atoms with Crippen LogP contribution in [0.3, 0.4) is 0 Å². The van der Waals surface area contributed by atoms with Crippen LogP contribution in [0.2, 0.25) is 0 Å². The third-order valence-electron chi connectivity index (χ3n) is 3.02. The molecule has 0 radical (unpaired) electrons. The minimum atomic E-state index is -1.32. The second-order valence-corrected chi connectivity index (χ2v) is 4.56. The molecular formula is C14H15FN2O3. The molecule has 2 rings (SSSR count). The number of halogens is 1. The van der Waals surface area contributed by atoms with Gasteiger partial charge in [-0.15, -0.1) is 0 Å². The molecule has 20 heavy (non-hydrogen) atoms. The zero-order chi connectivity index (χ0) is 14.9. The first kappa shape index (κ1) is 14.0. The Hall–Kier alpha value is -2.37. The molecule has 2 heterocycles. The van der Waals surface area contributed by atoms with Gasteiger partial charge in [0.05, 0.1) is 6.04 Å². The highest BCUT2D eigenvalue weighted by Gasteiger charge is 2.18. The number of aryl methyl sites for hydroxylation is 2. The van der Waals surface area contributed by atoms with Gasteiger partial charge < -0.3 is 14.8 Å². The number of carbonyl (C=O) groups is 1. The van der Waals surface area contributed by atoms with Gasteiger partial charge in [0.25, 0.3) is 0 Å². The predicted octanol–water partition coefficient (Wildman–Crippen LogP) is 3.30. The number of aromatic nitrogens is 1. The van der Waals surface area contributed by atoms with E-state index in [9.17, 15) is 9.18 Å². The number of rotatable bonds is 4. The summed E-state index contributed by atoms with van der Waals surface area (Å²) in [5.74, 6) is -0.785. The molecule has 1 unspecified atom stereocenters. The summed E-state index contributed by atoms with van der Waals surface area (Å²) >= 11 is 0. The van der Waals surface area contributed by atoms with Crippen molar-refractivity contribution < 1.29 is 18.7 Å². The number of carboxylic acids is 1. The molecule has 0 spiro atoms. The maximum atomic E-state index is 14.0.